The van der Waals surface area contributed by atoms with Crippen LogP contribution in [-0.4, -0.2) is 47.3 Å². The molecule has 0 radical (unpaired) electrons. The maximum atomic E-state index is 14.7. The van der Waals surface area contributed by atoms with Crippen molar-refractivity contribution >= 4 is 17.9 Å². The molecule has 30 heavy (non-hydrogen) atoms. The number of halogens is 1. The van der Waals surface area contributed by atoms with Gasteiger partial charge in [0.2, 0.25) is 0 Å². The normalized spacial score (nSPS) is 21.8. The summed E-state index contributed by atoms with van der Waals surface area (Å²) in [5.41, 5.74) is 1.13. The van der Waals surface area contributed by atoms with E-state index in [1.54, 1.807) is 34.1 Å². The van der Waals surface area contributed by atoms with Gasteiger partial charge in [-0.3, -0.25) is 9.59 Å². The third-order valence-electron chi connectivity index (χ3n) is 5.96. The minimum absolute atomic E-state index is 0.0650. The Kier molecular flexibility index (Phi) is 5.79. The molecule has 156 valence electrons. The van der Waals surface area contributed by atoms with Crippen LogP contribution in [0.3, 0.4) is 0 Å². The summed E-state index contributed by atoms with van der Waals surface area (Å²) in [6.07, 6.45) is 6.20. The summed E-state index contributed by atoms with van der Waals surface area (Å²) >= 11 is 0. The molecule has 4 rings (SSSR count). The predicted octanol–water partition coefficient (Wildman–Crippen LogP) is 2.78. The molecule has 2 amide bonds. The fourth-order valence-electron chi connectivity index (χ4n) is 4.47. The van der Waals surface area contributed by atoms with E-state index >= 15 is 0 Å². The number of carbonyl (C=O) groups is 2. The van der Waals surface area contributed by atoms with Crippen LogP contribution in [-0.2, 0) is 4.79 Å². The van der Waals surface area contributed by atoms with Gasteiger partial charge in [-0.15, -0.1) is 0 Å². The Labute approximate surface area is 174 Å². The second-order valence-electron chi connectivity index (χ2n) is 7.86. The second kappa shape index (κ2) is 8.65. The highest BCUT2D eigenvalue weighted by molar-refractivity contribution is 5.96. The molecule has 0 spiro atoms. The van der Waals surface area contributed by atoms with Crippen LogP contribution >= 0.6 is 0 Å². The summed E-state index contributed by atoms with van der Waals surface area (Å²) < 4.78 is 15.3. The molecular formula is C23H24FN3O3. The molecule has 2 saturated heterocycles. The molecule has 0 N–H and O–H groups in total. The number of benzene rings is 1. The number of hydrogen-bond donors (Lipinski definition) is 0. The van der Waals surface area contributed by atoms with E-state index in [4.69, 9.17) is 0 Å². The molecule has 3 heterocycles. The monoisotopic (exact) mass is 409 g/mol. The molecule has 0 bridgehead atoms. The standard InChI is InChI=1S/C23H24FN3O3/c24-20(15-17-5-2-1-3-6-17)23(29)27-11-4-7-19-16-25(12-10-21(19)27)22(28)18-8-13-26(30)14-9-18/h1-3,5-6,8-9,13-15,19,21H,4,7,10-12,16H2/b20-15-/t19-,21+/m1/s1. The Balaban J connectivity index is 1.45. The molecule has 2 aromatic rings. The van der Waals surface area contributed by atoms with Crippen LogP contribution in [0, 0.1) is 11.1 Å². The zero-order chi connectivity index (χ0) is 21.1. The van der Waals surface area contributed by atoms with Crippen molar-refractivity contribution in [3.63, 3.8) is 0 Å². The Bertz CT molecular complexity index is 946. The number of hydrogen-bond acceptors (Lipinski definition) is 3. The molecule has 6 nitrogen and oxygen atoms in total. The molecule has 2 aliphatic heterocycles. The van der Waals surface area contributed by atoms with Crippen molar-refractivity contribution in [2.45, 2.75) is 25.3 Å². The molecule has 7 heteroatoms. The van der Waals surface area contributed by atoms with Gasteiger partial charge in [0, 0.05) is 37.8 Å². The molecule has 1 aromatic carbocycles. The van der Waals surface area contributed by atoms with E-state index in [-0.39, 0.29) is 17.9 Å². The van der Waals surface area contributed by atoms with Gasteiger partial charge in [-0.2, -0.15) is 4.73 Å². The van der Waals surface area contributed by atoms with Crippen LogP contribution in [0.1, 0.15) is 35.2 Å². The Hall–Kier alpha value is -3.22. The van der Waals surface area contributed by atoms with E-state index in [1.165, 1.54) is 30.6 Å². The van der Waals surface area contributed by atoms with Gasteiger partial charge in [0.15, 0.2) is 18.2 Å². The van der Waals surface area contributed by atoms with Gasteiger partial charge >= 0.3 is 0 Å². The lowest BCUT2D eigenvalue weighted by Crippen LogP contribution is -2.56. The maximum Gasteiger partial charge on any atom is 0.282 e. The van der Waals surface area contributed by atoms with Crippen molar-refractivity contribution in [1.82, 2.24) is 9.80 Å². The number of fused-ring (bicyclic) bond motifs is 1. The van der Waals surface area contributed by atoms with E-state index in [9.17, 15) is 19.2 Å². The lowest BCUT2D eigenvalue weighted by molar-refractivity contribution is -0.605. The number of rotatable bonds is 3. The van der Waals surface area contributed by atoms with Crippen molar-refractivity contribution in [2.75, 3.05) is 19.6 Å². The van der Waals surface area contributed by atoms with E-state index in [0.717, 1.165) is 12.8 Å². The SMILES string of the molecule is O=C(c1cc[n+]([O-])cc1)N1CC[C@H]2[C@H](CCCN2C(=O)/C(F)=C/c2ccccc2)C1. The highest BCUT2D eigenvalue weighted by Gasteiger charge is 2.40. The predicted molar refractivity (Wildman–Crippen MR) is 110 cm³/mol. The molecular weight excluding hydrogens is 385 g/mol. The van der Waals surface area contributed by atoms with Gasteiger partial charge in [-0.05, 0) is 36.8 Å². The van der Waals surface area contributed by atoms with Crippen LogP contribution in [0.4, 0.5) is 4.39 Å². The molecule has 1 aromatic heterocycles. The number of pyridine rings is 1. The largest absolute Gasteiger partial charge is 0.619 e. The summed E-state index contributed by atoms with van der Waals surface area (Å²) in [5, 5.41) is 11.2. The van der Waals surface area contributed by atoms with Crippen LogP contribution < -0.4 is 4.73 Å². The third-order valence-corrected chi connectivity index (χ3v) is 5.96. The van der Waals surface area contributed by atoms with Crippen molar-refractivity contribution in [1.29, 1.82) is 0 Å². The fraction of sp³-hybridized carbons (Fsp3) is 0.348. The Morgan fingerprint density at radius 1 is 1.07 bits per heavy atom. The van der Waals surface area contributed by atoms with Crippen molar-refractivity contribution in [3.05, 3.63) is 77.0 Å². The van der Waals surface area contributed by atoms with Crippen LogP contribution in [0.15, 0.2) is 60.7 Å². The number of piperidine rings is 2. The number of likely N-dealkylation sites (tertiary alicyclic amines) is 2. The number of carbonyl (C=O) groups excluding carboxylic acids is 2. The quantitative estimate of drug-likeness (QED) is 0.445. The summed E-state index contributed by atoms with van der Waals surface area (Å²) in [4.78, 5) is 29.0. The Morgan fingerprint density at radius 3 is 2.53 bits per heavy atom. The zero-order valence-electron chi connectivity index (χ0n) is 16.6. The van der Waals surface area contributed by atoms with Gasteiger partial charge in [0.25, 0.3) is 11.8 Å². The van der Waals surface area contributed by atoms with Crippen LogP contribution in [0.2, 0.25) is 0 Å². The minimum Gasteiger partial charge on any atom is -0.619 e. The van der Waals surface area contributed by atoms with Crippen LogP contribution in [0.5, 0.6) is 0 Å². The zero-order valence-corrected chi connectivity index (χ0v) is 16.6. The van der Waals surface area contributed by atoms with E-state index in [2.05, 4.69) is 0 Å². The molecule has 2 fully saturated rings. The van der Waals surface area contributed by atoms with Gasteiger partial charge < -0.3 is 15.0 Å². The number of nitrogens with zero attached hydrogens (tertiary/aromatic N) is 3. The highest BCUT2D eigenvalue weighted by atomic mass is 19.1. The molecule has 0 saturated carbocycles. The van der Waals surface area contributed by atoms with Crippen molar-refractivity contribution in [3.8, 4) is 0 Å². The summed E-state index contributed by atoms with van der Waals surface area (Å²) in [6, 6.07) is 11.9. The highest BCUT2D eigenvalue weighted by Crippen LogP contribution is 2.32. The molecule has 2 atom stereocenters. The summed E-state index contributed by atoms with van der Waals surface area (Å²) in [6.45, 7) is 1.57. The van der Waals surface area contributed by atoms with Crippen LogP contribution in [0.25, 0.3) is 6.08 Å². The molecule has 0 aliphatic carbocycles. The maximum absolute atomic E-state index is 14.7. The topological polar surface area (TPSA) is 67.6 Å². The first-order valence-electron chi connectivity index (χ1n) is 10.2. The average molecular weight is 409 g/mol. The van der Waals surface area contributed by atoms with E-state index < -0.39 is 11.7 Å². The van der Waals surface area contributed by atoms with Gasteiger partial charge in [-0.25, -0.2) is 4.39 Å². The second-order valence-corrected chi connectivity index (χ2v) is 7.86. The first kappa shape index (κ1) is 20.1. The van der Waals surface area contributed by atoms with Gasteiger partial charge in [0.1, 0.15) is 0 Å². The first-order valence-corrected chi connectivity index (χ1v) is 10.2. The van der Waals surface area contributed by atoms with Crippen molar-refractivity contribution in [2.24, 2.45) is 5.92 Å². The van der Waals surface area contributed by atoms with Crippen molar-refractivity contribution < 1.29 is 18.7 Å². The van der Waals surface area contributed by atoms with Gasteiger partial charge in [-0.1, -0.05) is 30.3 Å². The van der Waals surface area contributed by atoms with Gasteiger partial charge in [0.05, 0.1) is 5.56 Å². The average Bonchev–Trinajstić information content (AvgIpc) is 2.78. The molecule has 0 unspecified atom stereocenters. The third kappa shape index (κ3) is 4.20. The first-order chi connectivity index (χ1) is 14.5. The Morgan fingerprint density at radius 2 is 1.80 bits per heavy atom. The fourth-order valence-corrected chi connectivity index (χ4v) is 4.47. The summed E-state index contributed by atoms with van der Waals surface area (Å²) in [7, 11) is 0. The summed E-state index contributed by atoms with van der Waals surface area (Å²) in [5.74, 6) is -1.32. The van der Waals surface area contributed by atoms with E-state index in [1.807, 2.05) is 6.07 Å². The van der Waals surface area contributed by atoms with E-state index in [0.29, 0.717) is 41.9 Å². The number of aromatic nitrogens is 1. The number of amides is 2. The lowest BCUT2D eigenvalue weighted by Gasteiger charge is -2.47. The lowest BCUT2D eigenvalue weighted by atomic mass is 9.83. The smallest absolute Gasteiger partial charge is 0.282 e. The molecule has 2 aliphatic rings. The minimum atomic E-state index is -0.754.